The van der Waals surface area contributed by atoms with Crippen LogP contribution in [0.5, 0.6) is 0 Å². The van der Waals surface area contributed by atoms with Gasteiger partial charge in [-0.05, 0) is 5.56 Å². The van der Waals surface area contributed by atoms with Crippen LogP contribution >= 0.6 is 11.6 Å². The second kappa shape index (κ2) is 4.80. The summed E-state index contributed by atoms with van der Waals surface area (Å²) in [5.41, 5.74) is 0.963. The smallest absolute Gasteiger partial charge is 0.195 e. The summed E-state index contributed by atoms with van der Waals surface area (Å²) < 4.78 is 5.67. The fraction of sp³-hybridized carbons (Fsp3) is 0.188. The SMILES string of the molecule is O=C(c1ccccc1)[C@H]1O[C@]1(CCl)c1ccccc1. The summed E-state index contributed by atoms with van der Waals surface area (Å²) in [6, 6.07) is 18.9. The van der Waals surface area contributed by atoms with Crippen LogP contribution in [0.3, 0.4) is 0 Å². The van der Waals surface area contributed by atoms with E-state index in [2.05, 4.69) is 0 Å². The lowest BCUT2D eigenvalue weighted by atomic mass is 9.93. The van der Waals surface area contributed by atoms with Crippen molar-refractivity contribution in [3.63, 3.8) is 0 Å². The third-order valence-electron chi connectivity index (χ3n) is 3.45. The van der Waals surface area contributed by atoms with Gasteiger partial charge in [-0.15, -0.1) is 11.6 Å². The third-order valence-corrected chi connectivity index (χ3v) is 3.85. The molecule has 0 radical (unpaired) electrons. The van der Waals surface area contributed by atoms with Crippen molar-refractivity contribution in [2.45, 2.75) is 11.7 Å². The van der Waals surface area contributed by atoms with Crippen LogP contribution in [0.25, 0.3) is 0 Å². The molecular weight excluding hydrogens is 260 g/mol. The second-order valence-corrected chi connectivity index (χ2v) is 4.88. The number of hydrogen-bond donors (Lipinski definition) is 0. The Morgan fingerprint density at radius 3 is 2.21 bits per heavy atom. The highest BCUT2D eigenvalue weighted by atomic mass is 35.5. The molecule has 96 valence electrons. The van der Waals surface area contributed by atoms with E-state index in [-0.39, 0.29) is 11.7 Å². The van der Waals surface area contributed by atoms with E-state index in [1.54, 1.807) is 12.1 Å². The van der Waals surface area contributed by atoms with Gasteiger partial charge in [-0.1, -0.05) is 60.7 Å². The molecule has 2 atom stereocenters. The number of rotatable bonds is 4. The number of ether oxygens (including phenoxy) is 1. The number of epoxide rings is 1. The molecule has 0 aliphatic carbocycles. The maximum Gasteiger partial charge on any atom is 0.195 e. The number of benzene rings is 2. The lowest BCUT2D eigenvalue weighted by Gasteiger charge is -2.09. The minimum Gasteiger partial charge on any atom is -0.351 e. The molecule has 2 aromatic carbocycles. The largest absolute Gasteiger partial charge is 0.351 e. The summed E-state index contributed by atoms with van der Waals surface area (Å²) in [6.45, 7) is 0. The first kappa shape index (κ1) is 12.4. The summed E-state index contributed by atoms with van der Waals surface area (Å²) in [5, 5.41) is 0. The number of alkyl halides is 1. The van der Waals surface area contributed by atoms with Gasteiger partial charge in [0.2, 0.25) is 0 Å². The van der Waals surface area contributed by atoms with E-state index in [9.17, 15) is 4.79 Å². The van der Waals surface area contributed by atoms with E-state index in [4.69, 9.17) is 16.3 Å². The van der Waals surface area contributed by atoms with Crippen molar-refractivity contribution in [3.05, 3.63) is 71.8 Å². The van der Waals surface area contributed by atoms with Crippen molar-refractivity contribution in [2.75, 3.05) is 5.88 Å². The van der Waals surface area contributed by atoms with Gasteiger partial charge in [-0.25, -0.2) is 0 Å². The molecular formula is C16H13ClO2. The molecule has 0 bridgehead atoms. The lowest BCUT2D eigenvalue weighted by molar-refractivity contribution is 0.0953. The fourth-order valence-electron chi connectivity index (χ4n) is 2.31. The molecule has 0 unspecified atom stereocenters. The first-order valence-corrected chi connectivity index (χ1v) is 6.70. The molecule has 1 saturated heterocycles. The van der Waals surface area contributed by atoms with Crippen molar-refractivity contribution in [1.82, 2.24) is 0 Å². The average Bonchev–Trinajstić information content (AvgIpc) is 3.24. The summed E-state index contributed by atoms with van der Waals surface area (Å²) in [5.74, 6) is 0.269. The number of halogens is 1. The van der Waals surface area contributed by atoms with Gasteiger partial charge in [-0.3, -0.25) is 4.79 Å². The van der Waals surface area contributed by atoms with Gasteiger partial charge in [0.1, 0.15) is 5.60 Å². The zero-order chi connectivity index (χ0) is 13.3. The Bertz CT molecular complexity index is 582. The number of carbonyl (C=O) groups is 1. The summed E-state index contributed by atoms with van der Waals surface area (Å²) >= 11 is 6.04. The highest BCUT2D eigenvalue weighted by Gasteiger charge is 2.61. The molecule has 0 N–H and O–H groups in total. The van der Waals surface area contributed by atoms with E-state index in [0.29, 0.717) is 5.56 Å². The van der Waals surface area contributed by atoms with Gasteiger partial charge in [0.15, 0.2) is 11.9 Å². The quantitative estimate of drug-likeness (QED) is 0.485. The van der Waals surface area contributed by atoms with Crippen LogP contribution in [0.2, 0.25) is 0 Å². The zero-order valence-corrected chi connectivity index (χ0v) is 11.0. The van der Waals surface area contributed by atoms with Crippen LogP contribution in [-0.2, 0) is 10.3 Å². The van der Waals surface area contributed by atoms with Gasteiger partial charge in [0.25, 0.3) is 0 Å². The molecule has 3 rings (SSSR count). The summed E-state index contributed by atoms with van der Waals surface area (Å²) in [7, 11) is 0. The van der Waals surface area contributed by atoms with Crippen LogP contribution in [0.1, 0.15) is 15.9 Å². The topological polar surface area (TPSA) is 29.6 Å². The van der Waals surface area contributed by atoms with E-state index in [1.165, 1.54) is 0 Å². The molecule has 1 aliphatic rings. The van der Waals surface area contributed by atoms with E-state index in [0.717, 1.165) is 5.56 Å². The predicted octanol–water partition coefficient (Wildman–Crippen LogP) is 3.40. The van der Waals surface area contributed by atoms with E-state index in [1.807, 2.05) is 48.5 Å². The van der Waals surface area contributed by atoms with Gasteiger partial charge >= 0.3 is 0 Å². The van der Waals surface area contributed by atoms with Crippen molar-refractivity contribution >= 4 is 17.4 Å². The lowest BCUT2D eigenvalue weighted by Crippen LogP contribution is -2.21. The van der Waals surface area contributed by atoms with Crippen LogP contribution in [0.15, 0.2) is 60.7 Å². The van der Waals surface area contributed by atoms with E-state index < -0.39 is 11.7 Å². The number of ketones is 1. The molecule has 1 aliphatic heterocycles. The molecule has 1 heterocycles. The van der Waals surface area contributed by atoms with Crippen molar-refractivity contribution in [3.8, 4) is 0 Å². The molecule has 0 amide bonds. The van der Waals surface area contributed by atoms with Crippen LogP contribution < -0.4 is 0 Å². The number of hydrogen-bond acceptors (Lipinski definition) is 2. The molecule has 1 fully saturated rings. The van der Waals surface area contributed by atoms with Crippen molar-refractivity contribution in [1.29, 1.82) is 0 Å². The third kappa shape index (κ3) is 2.07. The van der Waals surface area contributed by atoms with Crippen molar-refractivity contribution < 1.29 is 9.53 Å². The minimum atomic E-state index is -0.657. The minimum absolute atomic E-state index is 0.00916. The summed E-state index contributed by atoms with van der Waals surface area (Å²) in [6.07, 6.45) is -0.477. The Labute approximate surface area is 117 Å². The molecule has 0 aromatic heterocycles. The van der Waals surface area contributed by atoms with Crippen LogP contribution in [-0.4, -0.2) is 17.8 Å². The maximum absolute atomic E-state index is 12.4. The molecule has 3 heteroatoms. The van der Waals surface area contributed by atoms with Gasteiger partial charge in [0.05, 0.1) is 5.88 Å². The molecule has 19 heavy (non-hydrogen) atoms. The Kier molecular flexibility index (Phi) is 3.13. The Balaban J connectivity index is 1.88. The predicted molar refractivity (Wildman–Crippen MR) is 74.5 cm³/mol. The van der Waals surface area contributed by atoms with Crippen molar-refractivity contribution in [2.24, 2.45) is 0 Å². The summed E-state index contributed by atoms with van der Waals surface area (Å²) in [4.78, 5) is 12.4. The molecule has 2 aromatic rings. The van der Waals surface area contributed by atoms with Gasteiger partial charge < -0.3 is 4.74 Å². The maximum atomic E-state index is 12.4. The van der Waals surface area contributed by atoms with E-state index >= 15 is 0 Å². The number of carbonyl (C=O) groups excluding carboxylic acids is 1. The second-order valence-electron chi connectivity index (χ2n) is 4.62. The first-order valence-electron chi connectivity index (χ1n) is 6.16. The highest BCUT2D eigenvalue weighted by Crippen LogP contribution is 2.48. The first-order chi connectivity index (χ1) is 9.28. The normalized spacial score (nSPS) is 25.0. The average molecular weight is 273 g/mol. The Morgan fingerprint density at radius 1 is 1.05 bits per heavy atom. The Hall–Kier alpha value is -1.64. The fourth-order valence-corrected chi connectivity index (χ4v) is 2.67. The van der Waals surface area contributed by atoms with Gasteiger partial charge in [0, 0.05) is 5.56 Å². The van der Waals surface area contributed by atoms with Crippen LogP contribution in [0, 0.1) is 0 Å². The molecule has 2 nitrogen and oxygen atoms in total. The Morgan fingerprint density at radius 2 is 1.63 bits per heavy atom. The van der Waals surface area contributed by atoms with Crippen LogP contribution in [0.4, 0.5) is 0 Å². The highest BCUT2D eigenvalue weighted by molar-refractivity contribution is 6.19. The standard InChI is InChI=1S/C16H13ClO2/c17-11-16(13-9-5-2-6-10-13)15(19-16)14(18)12-7-3-1-4-8-12/h1-10,15H,11H2/t15-,16-/m1/s1. The van der Waals surface area contributed by atoms with Gasteiger partial charge in [-0.2, -0.15) is 0 Å². The monoisotopic (exact) mass is 272 g/mol. The molecule has 0 spiro atoms. The number of Topliss-reactive ketones (excluding diaryl/α,β-unsaturated/α-hetero) is 1. The molecule has 0 saturated carbocycles. The zero-order valence-electron chi connectivity index (χ0n) is 10.3.